The molecule has 1 aliphatic heterocycles. The minimum Gasteiger partial charge on any atom is -0.494 e. The first-order valence-corrected chi connectivity index (χ1v) is 10.6. The smallest absolute Gasteiger partial charge is 0.217 e. The summed E-state index contributed by atoms with van der Waals surface area (Å²) in [5, 5.41) is 2.90. The Kier molecular flexibility index (Phi) is 7.97. The molecule has 2 atom stereocenters. The highest BCUT2D eigenvalue weighted by Crippen LogP contribution is 2.26. The number of nitrogens with zero attached hydrogens (tertiary/aromatic N) is 1. The third-order valence-corrected chi connectivity index (χ3v) is 5.21. The van der Waals surface area contributed by atoms with Gasteiger partial charge in [-0.2, -0.15) is 0 Å². The highest BCUT2D eigenvalue weighted by atomic mass is 16.5. The zero-order valence-corrected chi connectivity index (χ0v) is 18.1. The quantitative estimate of drug-likeness (QED) is 0.599. The third kappa shape index (κ3) is 6.39. The topological polar surface area (TPSA) is 60.0 Å². The van der Waals surface area contributed by atoms with Crippen LogP contribution in [0.5, 0.6) is 11.5 Å². The zero-order valence-electron chi connectivity index (χ0n) is 18.1. The summed E-state index contributed by atoms with van der Waals surface area (Å²) < 4.78 is 16.9. The maximum Gasteiger partial charge on any atom is 0.217 e. The first-order valence-electron chi connectivity index (χ1n) is 10.6. The maximum atomic E-state index is 11.2. The second kappa shape index (κ2) is 10.9. The molecule has 6 heteroatoms. The van der Waals surface area contributed by atoms with Crippen molar-refractivity contribution in [3.63, 3.8) is 0 Å². The summed E-state index contributed by atoms with van der Waals surface area (Å²) in [4.78, 5) is 13.5. The van der Waals surface area contributed by atoms with Crippen LogP contribution >= 0.6 is 0 Å². The van der Waals surface area contributed by atoms with Gasteiger partial charge in [-0.15, -0.1) is 0 Å². The Labute approximate surface area is 179 Å². The number of ether oxygens (including phenoxy) is 3. The molecule has 0 spiro atoms. The van der Waals surface area contributed by atoms with Crippen molar-refractivity contribution in [3.8, 4) is 11.5 Å². The number of hydrogen-bond acceptors (Lipinski definition) is 5. The largest absolute Gasteiger partial charge is 0.494 e. The van der Waals surface area contributed by atoms with Crippen LogP contribution in [0, 0.1) is 0 Å². The van der Waals surface area contributed by atoms with Gasteiger partial charge in [0.25, 0.3) is 0 Å². The van der Waals surface area contributed by atoms with E-state index in [0.717, 1.165) is 43.0 Å². The van der Waals surface area contributed by atoms with Gasteiger partial charge in [0, 0.05) is 45.7 Å². The van der Waals surface area contributed by atoms with E-state index < -0.39 is 0 Å². The zero-order chi connectivity index (χ0) is 21.3. The lowest BCUT2D eigenvalue weighted by Crippen LogP contribution is -2.24. The Morgan fingerprint density at radius 1 is 1.10 bits per heavy atom. The van der Waals surface area contributed by atoms with Crippen LogP contribution in [0.4, 0.5) is 5.69 Å². The van der Waals surface area contributed by atoms with E-state index in [0.29, 0.717) is 13.2 Å². The molecular weight excluding hydrogens is 380 g/mol. The van der Waals surface area contributed by atoms with Gasteiger partial charge in [0.05, 0.1) is 19.2 Å². The van der Waals surface area contributed by atoms with Gasteiger partial charge in [0.1, 0.15) is 17.6 Å². The van der Waals surface area contributed by atoms with Gasteiger partial charge in [0.2, 0.25) is 5.91 Å². The molecule has 0 saturated carbocycles. The van der Waals surface area contributed by atoms with Gasteiger partial charge < -0.3 is 24.4 Å². The van der Waals surface area contributed by atoms with Crippen molar-refractivity contribution in [2.45, 2.75) is 38.8 Å². The molecule has 6 nitrogen and oxygen atoms in total. The number of methoxy groups -OCH3 is 1. The molecular formula is C24H32N2O4. The van der Waals surface area contributed by atoms with E-state index in [1.807, 2.05) is 43.3 Å². The van der Waals surface area contributed by atoms with E-state index in [-0.39, 0.29) is 18.1 Å². The van der Waals surface area contributed by atoms with Crippen LogP contribution in [0.15, 0.2) is 48.5 Å². The number of carbonyl (C=O) groups excluding carboxylic acids is 1. The highest BCUT2D eigenvalue weighted by Gasteiger charge is 2.24. The van der Waals surface area contributed by atoms with Crippen molar-refractivity contribution in [3.05, 3.63) is 54.1 Å². The molecule has 2 aromatic carbocycles. The number of hydrogen-bond donors (Lipinski definition) is 1. The molecule has 1 heterocycles. The van der Waals surface area contributed by atoms with Gasteiger partial charge in [-0.3, -0.25) is 4.79 Å². The highest BCUT2D eigenvalue weighted by molar-refractivity contribution is 5.73. The summed E-state index contributed by atoms with van der Waals surface area (Å²) in [6, 6.07) is 16.2. The molecule has 1 amide bonds. The van der Waals surface area contributed by atoms with Crippen molar-refractivity contribution < 1.29 is 19.0 Å². The van der Waals surface area contributed by atoms with E-state index in [9.17, 15) is 4.79 Å². The third-order valence-electron chi connectivity index (χ3n) is 5.21. The summed E-state index contributed by atoms with van der Waals surface area (Å²) in [5.74, 6) is 1.72. The molecule has 1 saturated heterocycles. The molecule has 1 fully saturated rings. The van der Waals surface area contributed by atoms with Crippen molar-refractivity contribution in [1.82, 2.24) is 5.32 Å². The standard InChI is InChI=1S/C24H32N2O4/c1-18(25-19(2)27)20-5-9-23(10-6-20)30-24-13-14-26(17-24)21-7-11-22(12-8-21)29-16-4-15-28-3/h5-12,18,24H,4,13-17H2,1-3H3,(H,25,27)/t18-,24?/m0/s1. The van der Waals surface area contributed by atoms with Crippen LogP contribution in [-0.2, 0) is 9.53 Å². The van der Waals surface area contributed by atoms with E-state index in [4.69, 9.17) is 14.2 Å². The summed E-state index contributed by atoms with van der Waals surface area (Å²) >= 11 is 0. The normalized spacial score (nSPS) is 16.9. The molecule has 1 N–H and O–H groups in total. The Balaban J connectivity index is 1.47. The molecule has 0 radical (unpaired) electrons. The number of rotatable bonds is 10. The molecule has 2 aromatic rings. The summed E-state index contributed by atoms with van der Waals surface area (Å²) in [6.07, 6.45) is 2.03. The van der Waals surface area contributed by atoms with Gasteiger partial charge in [-0.05, 0) is 48.9 Å². The Morgan fingerprint density at radius 2 is 1.80 bits per heavy atom. The van der Waals surface area contributed by atoms with Crippen molar-refractivity contribution >= 4 is 11.6 Å². The second-order valence-electron chi connectivity index (χ2n) is 7.65. The van der Waals surface area contributed by atoms with E-state index in [1.54, 1.807) is 7.11 Å². The number of amides is 1. The van der Waals surface area contributed by atoms with Gasteiger partial charge in [0.15, 0.2) is 0 Å². The van der Waals surface area contributed by atoms with Crippen LogP contribution in [0.1, 0.15) is 38.3 Å². The summed E-state index contributed by atoms with van der Waals surface area (Å²) in [6.45, 7) is 6.71. The Hall–Kier alpha value is -2.73. The van der Waals surface area contributed by atoms with Crippen LogP contribution in [0.3, 0.4) is 0 Å². The SMILES string of the molecule is COCCCOc1ccc(N2CCC(Oc3ccc([C@H](C)NC(C)=O)cc3)C2)cc1. The average molecular weight is 413 g/mol. The Bertz CT molecular complexity index is 792. The molecule has 3 rings (SSSR count). The second-order valence-corrected chi connectivity index (χ2v) is 7.65. The lowest BCUT2D eigenvalue weighted by Gasteiger charge is -2.20. The molecule has 0 bridgehead atoms. The van der Waals surface area contributed by atoms with Crippen molar-refractivity contribution in [2.24, 2.45) is 0 Å². The summed E-state index contributed by atoms with van der Waals surface area (Å²) in [5.41, 5.74) is 2.25. The Morgan fingerprint density at radius 3 is 2.47 bits per heavy atom. The summed E-state index contributed by atoms with van der Waals surface area (Å²) in [7, 11) is 1.70. The molecule has 30 heavy (non-hydrogen) atoms. The van der Waals surface area contributed by atoms with Crippen molar-refractivity contribution in [2.75, 3.05) is 38.3 Å². The minimum absolute atomic E-state index is 0.00884. The minimum atomic E-state index is -0.0282. The molecule has 1 unspecified atom stereocenters. The van der Waals surface area contributed by atoms with E-state index in [2.05, 4.69) is 22.3 Å². The van der Waals surface area contributed by atoms with Crippen molar-refractivity contribution in [1.29, 1.82) is 0 Å². The first kappa shape index (κ1) is 22.0. The fraction of sp³-hybridized carbons (Fsp3) is 0.458. The number of benzene rings is 2. The predicted octanol–water partition coefficient (Wildman–Crippen LogP) is 3.96. The van der Waals surface area contributed by atoms with Gasteiger partial charge in [-0.25, -0.2) is 0 Å². The first-order chi connectivity index (χ1) is 14.5. The fourth-order valence-electron chi connectivity index (χ4n) is 3.62. The van der Waals surface area contributed by atoms with Crippen LogP contribution < -0.4 is 19.7 Å². The van der Waals surface area contributed by atoms with E-state index in [1.165, 1.54) is 12.6 Å². The molecule has 1 aliphatic rings. The average Bonchev–Trinajstić information content (AvgIpc) is 3.20. The number of anilines is 1. The predicted molar refractivity (Wildman–Crippen MR) is 118 cm³/mol. The fourth-order valence-corrected chi connectivity index (χ4v) is 3.62. The maximum absolute atomic E-state index is 11.2. The lowest BCUT2D eigenvalue weighted by molar-refractivity contribution is -0.119. The van der Waals surface area contributed by atoms with Gasteiger partial charge >= 0.3 is 0 Å². The molecule has 0 aromatic heterocycles. The van der Waals surface area contributed by atoms with Crippen LogP contribution in [0.2, 0.25) is 0 Å². The molecule has 162 valence electrons. The number of carbonyl (C=O) groups is 1. The molecule has 0 aliphatic carbocycles. The van der Waals surface area contributed by atoms with Gasteiger partial charge in [-0.1, -0.05) is 12.1 Å². The van der Waals surface area contributed by atoms with E-state index >= 15 is 0 Å². The lowest BCUT2D eigenvalue weighted by atomic mass is 10.1. The monoisotopic (exact) mass is 412 g/mol. The van der Waals surface area contributed by atoms with Crippen LogP contribution in [0.25, 0.3) is 0 Å². The van der Waals surface area contributed by atoms with Crippen LogP contribution in [-0.4, -0.2) is 45.4 Å². The number of nitrogens with one attached hydrogen (secondary N) is 1.